The fourth-order valence-electron chi connectivity index (χ4n) is 0.528. The minimum atomic E-state index is 1.12. The maximum absolute atomic E-state index is 3.09. The summed E-state index contributed by atoms with van der Waals surface area (Å²) in [4.78, 5) is 3.09. The van der Waals surface area contributed by atoms with Gasteiger partial charge in [0, 0.05) is 6.92 Å². The van der Waals surface area contributed by atoms with Gasteiger partial charge in [-0.3, -0.25) is 0 Å². The van der Waals surface area contributed by atoms with Crippen LogP contribution in [-0.4, -0.2) is 6.21 Å². The van der Waals surface area contributed by atoms with E-state index in [-0.39, 0.29) is 0 Å². The Hall–Kier alpha value is -0.720. The molecular weight excluding hydrogens is 86.1 g/mol. The predicted octanol–water partition coefficient (Wildman–Crippen LogP) is -0.350. The molecule has 1 rings (SSSR count). The second kappa shape index (κ2) is 1.82. The Morgan fingerprint density at radius 2 is 2.71 bits per heavy atom. The molecule has 0 fully saturated rings. The van der Waals surface area contributed by atoms with Crippen molar-refractivity contribution in [2.45, 2.75) is 13.3 Å². The first-order valence-corrected chi connectivity index (χ1v) is 2.50. The van der Waals surface area contributed by atoms with Gasteiger partial charge in [-0.05, 0) is 0 Å². The lowest BCUT2D eigenvalue weighted by Crippen LogP contribution is -2.67. The van der Waals surface area contributed by atoms with Gasteiger partial charge < -0.3 is 0 Å². The van der Waals surface area contributed by atoms with Crippen molar-refractivity contribution in [3.63, 3.8) is 0 Å². The summed E-state index contributed by atoms with van der Waals surface area (Å²) in [5.41, 5.74) is 1.32. The van der Waals surface area contributed by atoms with Crippen molar-refractivity contribution in [1.82, 2.24) is 0 Å². The van der Waals surface area contributed by atoms with Crippen molar-refractivity contribution < 1.29 is 4.99 Å². The molecule has 0 heterocycles. The molecule has 7 heavy (non-hydrogen) atoms. The summed E-state index contributed by atoms with van der Waals surface area (Å²) in [5.74, 6) is 0. The van der Waals surface area contributed by atoms with Crippen LogP contribution in [0.25, 0.3) is 0 Å². The SMILES string of the molecule is CC=[NH+]C1=C[CH+]C1. The molecule has 0 saturated carbocycles. The summed E-state index contributed by atoms with van der Waals surface area (Å²) in [5, 5.41) is 0. The van der Waals surface area contributed by atoms with Crippen LogP contribution in [-0.2, 0) is 0 Å². The highest BCUT2D eigenvalue weighted by Gasteiger charge is 2.20. The normalized spacial score (nSPS) is 18.1. The van der Waals surface area contributed by atoms with E-state index in [4.69, 9.17) is 0 Å². The quantitative estimate of drug-likeness (QED) is 0.338. The highest BCUT2D eigenvalue weighted by molar-refractivity contribution is 5.46. The molecule has 1 aliphatic rings. The van der Waals surface area contributed by atoms with Crippen LogP contribution in [0, 0.1) is 6.42 Å². The zero-order valence-corrected chi connectivity index (χ0v) is 4.44. The number of allylic oxidation sites excluding steroid dienone is 2. The summed E-state index contributed by atoms with van der Waals surface area (Å²) >= 11 is 0. The lowest BCUT2D eigenvalue weighted by molar-refractivity contribution is -0.397. The van der Waals surface area contributed by atoms with Gasteiger partial charge in [-0.2, -0.15) is 0 Å². The number of nitrogens with one attached hydrogen (secondary N) is 1. The summed E-state index contributed by atoms with van der Waals surface area (Å²) in [6, 6.07) is 0. The summed E-state index contributed by atoms with van der Waals surface area (Å²) in [7, 11) is 0. The molecule has 1 aliphatic carbocycles. The van der Waals surface area contributed by atoms with Crippen molar-refractivity contribution in [1.29, 1.82) is 0 Å². The Balaban J connectivity index is 2.41. The highest BCUT2D eigenvalue weighted by Crippen LogP contribution is 2.06. The predicted molar refractivity (Wildman–Crippen MR) is 29.7 cm³/mol. The molecule has 0 aliphatic heterocycles. The third kappa shape index (κ3) is 0.829. The minimum absolute atomic E-state index is 1.12. The van der Waals surface area contributed by atoms with E-state index < -0.39 is 0 Å². The molecule has 0 atom stereocenters. The van der Waals surface area contributed by atoms with E-state index in [1.54, 1.807) is 0 Å². The molecule has 1 N–H and O–H groups in total. The average Bonchev–Trinajstić information content (AvgIpc) is 1.55. The molecule has 36 valence electrons. The fourth-order valence-corrected chi connectivity index (χ4v) is 0.528. The van der Waals surface area contributed by atoms with Gasteiger partial charge in [0.25, 0.3) is 0 Å². The number of hydrogen-bond donors (Lipinski definition) is 1. The van der Waals surface area contributed by atoms with Gasteiger partial charge in [-0.1, -0.05) is 0 Å². The Labute approximate surface area is 43.8 Å². The molecule has 0 unspecified atom stereocenters. The molecular formula is C6H9N+2. The molecule has 0 spiro atoms. The van der Waals surface area contributed by atoms with Crippen LogP contribution in [0.5, 0.6) is 0 Å². The third-order valence-electron chi connectivity index (χ3n) is 0.987. The van der Waals surface area contributed by atoms with Crippen molar-refractivity contribution in [2.24, 2.45) is 0 Å². The fraction of sp³-hybridized carbons (Fsp3) is 0.333. The van der Waals surface area contributed by atoms with E-state index >= 15 is 0 Å². The van der Waals surface area contributed by atoms with Crippen LogP contribution in [0.15, 0.2) is 11.8 Å². The summed E-state index contributed by atoms with van der Waals surface area (Å²) in [6.45, 7) is 1.99. The number of rotatable bonds is 1. The largest absolute Gasteiger partial charge is 0.327 e. The molecule has 0 saturated heterocycles. The lowest BCUT2D eigenvalue weighted by Gasteiger charge is -1.86. The van der Waals surface area contributed by atoms with E-state index in [9.17, 15) is 0 Å². The Bertz CT molecular complexity index is 111. The van der Waals surface area contributed by atoms with E-state index in [0.717, 1.165) is 6.42 Å². The maximum Gasteiger partial charge on any atom is 0.327 e. The molecule has 0 amide bonds. The van der Waals surface area contributed by atoms with Gasteiger partial charge in [0.15, 0.2) is 18.7 Å². The van der Waals surface area contributed by atoms with Crippen LogP contribution < -0.4 is 4.99 Å². The van der Waals surface area contributed by atoms with Gasteiger partial charge in [-0.25, -0.2) is 0 Å². The van der Waals surface area contributed by atoms with E-state index in [1.807, 2.05) is 13.1 Å². The highest BCUT2D eigenvalue weighted by atomic mass is 14.7. The smallest absolute Gasteiger partial charge is 0.139 e. The van der Waals surface area contributed by atoms with E-state index in [2.05, 4.69) is 17.5 Å². The molecule has 0 bridgehead atoms. The summed E-state index contributed by atoms with van der Waals surface area (Å²) in [6.07, 6.45) is 7.27. The topological polar surface area (TPSA) is 14.0 Å². The first kappa shape index (κ1) is 4.44. The van der Waals surface area contributed by atoms with Gasteiger partial charge in [-0.15, -0.1) is 4.99 Å². The third-order valence-corrected chi connectivity index (χ3v) is 0.987. The molecule has 0 aromatic rings. The lowest BCUT2D eigenvalue weighted by atomic mass is 10.1. The first-order valence-electron chi connectivity index (χ1n) is 2.50. The maximum atomic E-state index is 3.09. The van der Waals surface area contributed by atoms with Crippen molar-refractivity contribution in [2.75, 3.05) is 0 Å². The van der Waals surface area contributed by atoms with Crippen LogP contribution in [0.1, 0.15) is 13.3 Å². The van der Waals surface area contributed by atoms with E-state index in [0.29, 0.717) is 0 Å². The van der Waals surface area contributed by atoms with Crippen LogP contribution in [0.4, 0.5) is 0 Å². The van der Waals surface area contributed by atoms with Gasteiger partial charge >= 0.3 is 5.70 Å². The molecule has 0 aromatic carbocycles. The van der Waals surface area contributed by atoms with Crippen LogP contribution >= 0.6 is 0 Å². The van der Waals surface area contributed by atoms with Crippen molar-refractivity contribution >= 4 is 6.21 Å². The van der Waals surface area contributed by atoms with Crippen molar-refractivity contribution in [3.8, 4) is 0 Å². The minimum Gasteiger partial charge on any atom is -0.139 e. The van der Waals surface area contributed by atoms with Gasteiger partial charge in [0.1, 0.15) is 0 Å². The van der Waals surface area contributed by atoms with Gasteiger partial charge in [0.05, 0.1) is 6.42 Å². The standard InChI is InChI=1S/C6H8N/c1-2-7-6-4-3-5-6/h2-4H,5H2,1H3/q+1/p+1. The van der Waals surface area contributed by atoms with Gasteiger partial charge in [0.2, 0.25) is 0 Å². The Kier molecular flexibility index (Phi) is 1.16. The van der Waals surface area contributed by atoms with Crippen molar-refractivity contribution in [3.05, 3.63) is 18.2 Å². The Morgan fingerprint density at radius 1 is 2.00 bits per heavy atom. The monoisotopic (exact) mass is 95.1 g/mol. The van der Waals surface area contributed by atoms with E-state index in [1.165, 1.54) is 5.70 Å². The van der Waals surface area contributed by atoms with Crippen LogP contribution in [0.3, 0.4) is 0 Å². The molecule has 1 heteroatoms. The average molecular weight is 95.1 g/mol. The van der Waals surface area contributed by atoms with Crippen LogP contribution in [0.2, 0.25) is 0 Å². The second-order valence-corrected chi connectivity index (χ2v) is 1.56. The molecule has 0 aromatic heterocycles. The molecule has 1 nitrogen and oxygen atoms in total. The zero-order valence-electron chi connectivity index (χ0n) is 4.44. The zero-order chi connectivity index (χ0) is 5.11. The number of hydrogen-bond acceptors (Lipinski definition) is 0. The second-order valence-electron chi connectivity index (χ2n) is 1.56. The molecule has 0 radical (unpaired) electrons. The first-order chi connectivity index (χ1) is 3.43. The summed E-state index contributed by atoms with van der Waals surface area (Å²) < 4.78 is 0. The Morgan fingerprint density at radius 3 is 2.86 bits per heavy atom.